The first-order chi connectivity index (χ1) is 7.46. The van der Waals surface area contributed by atoms with Gasteiger partial charge in [-0.1, -0.05) is 0 Å². The third-order valence-corrected chi connectivity index (χ3v) is 4.08. The van der Waals surface area contributed by atoms with Crippen LogP contribution in [0.15, 0.2) is 0 Å². The highest BCUT2D eigenvalue weighted by molar-refractivity contribution is 7.54. The molecule has 2 N–H and O–H groups in total. The second-order valence-electron chi connectivity index (χ2n) is 2.74. The van der Waals surface area contributed by atoms with Crippen molar-refractivity contribution < 1.29 is 16.9 Å². The Hall–Kier alpha value is 0.360. The van der Waals surface area contributed by atoms with Crippen molar-refractivity contribution in [1.29, 1.82) is 0 Å². The molecular formula is C7H16ClN2O3P. The van der Waals surface area contributed by atoms with Crippen LogP contribution in [0.25, 0.3) is 0 Å². The lowest BCUT2D eigenvalue weighted by Crippen LogP contribution is -2.36. The summed E-state index contributed by atoms with van der Waals surface area (Å²) in [6.07, 6.45) is 0.575. The van der Waals surface area contributed by atoms with Crippen molar-refractivity contribution in [2.45, 2.75) is 6.42 Å². The first-order valence-corrected chi connectivity index (χ1v) is 6.52. The third kappa shape index (κ3) is 3.19. The molecule has 0 spiro atoms. The van der Waals surface area contributed by atoms with Crippen LogP contribution in [0, 0.1) is 0 Å². The fourth-order valence-corrected chi connectivity index (χ4v) is 3.22. The zero-order valence-electron chi connectivity index (χ0n) is 9.78. The number of nitrogens with zero attached hydrogens (tertiary/aromatic N) is 1. The lowest BCUT2D eigenvalue weighted by atomic mass is 10.4. The molecule has 0 bridgehead atoms. The minimum atomic E-state index is -3.41. The predicted octanol–water partition coefficient (Wildman–Crippen LogP) is 0.637. The monoisotopic (exact) mass is 244 g/mol. The van der Waals surface area contributed by atoms with Crippen LogP contribution in [0.3, 0.4) is 0 Å². The van der Waals surface area contributed by atoms with Gasteiger partial charge in [-0.15, -0.1) is 11.6 Å². The van der Waals surface area contributed by atoms with Gasteiger partial charge in [0.05, 0.1) is 13.2 Å². The van der Waals surface area contributed by atoms with E-state index in [2.05, 4.69) is 5.09 Å². The standard InChI is InChI=1S/C7H16ClN2O3P/c8-2-3-9-14(12)10(5-6-11)4-1-7-13-14/h11H,1-7H2,(H,9,12)/i5D2. The van der Waals surface area contributed by atoms with E-state index in [0.717, 1.165) is 4.67 Å². The van der Waals surface area contributed by atoms with Gasteiger partial charge in [0.15, 0.2) is 0 Å². The van der Waals surface area contributed by atoms with E-state index < -0.39 is 20.8 Å². The number of halogens is 1. The highest BCUT2D eigenvalue weighted by Crippen LogP contribution is 2.48. The first kappa shape index (κ1) is 9.58. The average Bonchev–Trinajstić information content (AvgIpc) is 2.27. The van der Waals surface area contributed by atoms with Crippen molar-refractivity contribution in [1.82, 2.24) is 9.76 Å². The lowest BCUT2D eigenvalue weighted by Gasteiger charge is -2.34. The Kier molecular flexibility index (Phi) is 4.14. The maximum absolute atomic E-state index is 12.3. The van der Waals surface area contributed by atoms with Crippen molar-refractivity contribution >= 4 is 19.3 Å². The summed E-state index contributed by atoms with van der Waals surface area (Å²) in [4.78, 5) is 0. The van der Waals surface area contributed by atoms with Crippen molar-refractivity contribution in [3.63, 3.8) is 0 Å². The van der Waals surface area contributed by atoms with E-state index in [-0.39, 0.29) is 19.0 Å². The number of rotatable bonds is 5. The normalized spacial score (nSPS) is 32.4. The van der Waals surface area contributed by atoms with Crippen molar-refractivity contribution in [3.05, 3.63) is 0 Å². The molecule has 0 aliphatic carbocycles. The van der Waals surface area contributed by atoms with Crippen LogP contribution in [-0.2, 0) is 9.09 Å². The quantitative estimate of drug-likeness (QED) is 0.549. The van der Waals surface area contributed by atoms with Gasteiger partial charge in [0.2, 0.25) is 0 Å². The number of aliphatic hydroxyl groups is 1. The number of hydrogen-bond acceptors (Lipinski definition) is 3. The van der Waals surface area contributed by atoms with Gasteiger partial charge in [0.1, 0.15) is 0 Å². The van der Waals surface area contributed by atoms with E-state index >= 15 is 0 Å². The highest BCUT2D eigenvalue weighted by Gasteiger charge is 2.33. The van der Waals surface area contributed by atoms with Gasteiger partial charge >= 0.3 is 7.67 Å². The Morgan fingerprint density at radius 1 is 1.79 bits per heavy atom. The minimum Gasteiger partial charge on any atom is -0.395 e. The van der Waals surface area contributed by atoms with E-state index in [1.54, 1.807) is 0 Å². The van der Waals surface area contributed by atoms with Crippen molar-refractivity contribution in [2.75, 3.05) is 38.7 Å². The molecule has 84 valence electrons. The number of nitrogens with one attached hydrogen (secondary N) is 1. The zero-order chi connectivity index (χ0) is 12.2. The number of β-amino-alcohol motifs (C(OH)–C–C–N with tert-alkyl or cyclic N) is 1. The van der Waals surface area contributed by atoms with Gasteiger partial charge in [-0.2, -0.15) is 0 Å². The Balaban J connectivity index is 2.81. The molecule has 14 heavy (non-hydrogen) atoms. The second kappa shape index (κ2) is 6.05. The van der Waals surface area contributed by atoms with Crippen LogP contribution in [0.2, 0.25) is 0 Å². The number of hydrogen-bond donors (Lipinski definition) is 2. The molecular weight excluding hydrogens is 227 g/mol. The van der Waals surface area contributed by atoms with Crippen LogP contribution >= 0.6 is 19.3 Å². The Bertz CT molecular complexity index is 282. The SMILES string of the molecule is [2H]C([2H])(CO)N1CCCOP1(=O)NCCCl. The van der Waals surface area contributed by atoms with Gasteiger partial charge in [-0.05, 0) is 6.42 Å². The van der Waals surface area contributed by atoms with E-state index in [0.29, 0.717) is 13.0 Å². The van der Waals surface area contributed by atoms with Crippen LogP contribution in [0.4, 0.5) is 0 Å². The fraction of sp³-hybridized carbons (Fsp3) is 1.00. The molecule has 1 aliphatic rings. The highest BCUT2D eigenvalue weighted by atomic mass is 35.5. The summed E-state index contributed by atoms with van der Waals surface area (Å²) < 4.78 is 33.6. The number of alkyl halides is 1. The predicted molar refractivity (Wildman–Crippen MR) is 55.6 cm³/mol. The topological polar surface area (TPSA) is 61.8 Å². The summed E-state index contributed by atoms with van der Waals surface area (Å²) in [6, 6.07) is 0. The Labute approximate surface area is 91.7 Å². The smallest absolute Gasteiger partial charge is 0.343 e. The molecule has 0 aromatic carbocycles. The lowest BCUT2D eigenvalue weighted by molar-refractivity contribution is 0.175. The van der Waals surface area contributed by atoms with Gasteiger partial charge in [-0.25, -0.2) is 9.76 Å². The van der Waals surface area contributed by atoms with Crippen molar-refractivity contribution in [3.8, 4) is 0 Å². The fourth-order valence-electron chi connectivity index (χ4n) is 1.17. The molecule has 1 saturated heterocycles. The molecule has 1 unspecified atom stereocenters. The summed E-state index contributed by atoms with van der Waals surface area (Å²) in [6.45, 7) is -1.94. The first-order valence-electron chi connectivity index (χ1n) is 5.41. The molecule has 0 amide bonds. The molecule has 0 radical (unpaired) electrons. The molecule has 1 atom stereocenters. The molecule has 1 aliphatic heterocycles. The molecule has 1 fully saturated rings. The number of aliphatic hydroxyl groups excluding tert-OH is 1. The molecule has 5 nitrogen and oxygen atoms in total. The zero-order valence-corrected chi connectivity index (χ0v) is 9.43. The van der Waals surface area contributed by atoms with E-state index in [9.17, 15) is 4.57 Å². The molecule has 0 aromatic heterocycles. The summed E-state index contributed by atoms with van der Waals surface area (Å²) in [5.41, 5.74) is 0. The van der Waals surface area contributed by atoms with E-state index in [1.165, 1.54) is 0 Å². The maximum Gasteiger partial charge on any atom is 0.343 e. The van der Waals surface area contributed by atoms with Crippen molar-refractivity contribution in [2.24, 2.45) is 0 Å². The van der Waals surface area contributed by atoms with E-state index in [4.69, 9.17) is 24.0 Å². The summed E-state index contributed by atoms with van der Waals surface area (Å²) >= 11 is 5.48. The average molecular weight is 245 g/mol. The molecule has 1 heterocycles. The maximum atomic E-state index is 12.3. The third-order valence-electron chi connectivity index (χ3n) is 1.76. The Morgan fingerprint density at radius 2 is 2.57 bits per heavy atom. The molecule has 0 saturated carbocycles. The van der Waals surface area contributed by atoms with Crippen LogP contribution < -0.4 is 5.09 Å². The molecule has 1 rings (SSSR count). The largest absolute Gasteiger partial charge is 0.395 e. The summed E-state index contributed by atoms with van der Waals surface area (Å²) in [5.74, 6) is 0.253. The van der Waals surface area contributed by atoms with Crippen LogP contribution in [-0.4, -0.2) is 48.5 Å². The summed E-state index contributed by atoms with van der Waals surface area (Å²) in [7, 11) is -3.41. The molecule has 0 aromatic rings. The second-order valence-corrected chi connectivity index (χ2v) is 5.22. The minimum absolute atomic E-state index is 0.253. The summed E-state index contributed by atoms with van der Waals surface area (Å²) in [5, 5.41) is 11.6. The van der Waals surface area contributed by atoms with Gasteiger partial charge in [0.25, 0.3) is 0 Å². The Morgan fingerprint density at radius 3 is 3.21 bits per heavy atom. The molecule has 7 heteroatoms. The van der Waals surface area contributed by atoms with Gasteiger partial charge < -0.3 is 9.63 Å². The van der Waals surface area contributed by atoms with Gasteiger partial charge in [0, 0.05) is 28.2 Å². The van der Waals surface area contributed by atoms with Gasteiger partial charge in [-0.3, -0.25) is 4.57 Å². The van der Waals surface area contributed by atoms with Crippen LogP contribution in [0.1, 0.15) is 9.16 Å². The van der Waals surface area contributed by atoms with Crippen LogP contribution in [0.5, 0.6) is 0 Å². The van der Waals surface area contributed by atoms with E-state index in [1.807, 2.05) is 0 Å².